The standard InChI is InChI=1S/C14H21BrN2O2S/c1-4-7-17-14(3,13(18)19)9-10(2)20-12-11(15)6-5-8-16-12/h5-6,8,10,17H,4,7,9H2,1-3H3,(H,18,19). The smallest absolute Gasteiger partial charge is 0.323 e. The molecule has 2 atom stereocenters. The third-order valence-electron chi connectivity index (χ3n) is 2.97. The van der Waals surface area contributed by atoms with E-state index in [-0.39, 0.29) is 5.25 Å². The molecule has 0 aromatic carbocycles. The molecule has 0 spiro atoms. The molecule has 4 nitrogen and oxygen atoms in total. The summed E-state index contributed by atoms with van der Waals surface area (Å²) < 4.78 is 0.940. The number of carbonyl (C=O) groups is 1. The van der Waals surface area contributed by atoms with Crippen LogP contribution in [0.5, 0.6) is 0 Å². The molecule has 20 heavy (non-hydrogen) atoms. The zero-order chi connectivity index (χ0) is 15.2. The molecule has 0 fully saturated rings. The number of aliphatic carboxylic acids is 1. The summed E-state index contributed by atoms with van der Waals surface area (Å²) in [6.45, 7) is 6.50. The zero-order valence-electron chi connectivity index (χ0n) is 12.0. The zero-order valence-corrected chi connectivity index (χ0v) is 14.4. The Hall–Kier alpha value is -0.590. The van der Waals surface area contributed by atoms with Crippen molar-refractivity contribution < 1.29 is 9.90 Å². The summed E-state index contributed by atoms with van der Waals surface area (Å²) in [6, 6.07) is 3.80. The van der Waals surface area contributed by atoms with Gasteiger partial charge in [-0.1, -0.05) is 13.8 Å². The van der Waals surface area contributed by atoms with E-state index in [9.17, 15) is 9.90 Å². The fourth-order valence-corrected chi connectivity index (χ4v) is 3.54. The summed E-state index contributed by atoms with van der Waals surface area (Å²) in [5.41, 5.74) is -0.899. The Labute approximate surface area is 132 Å². The van der Waals surface area contributed by atoms with Gasteiger partial charge in [-0.25, -0.2) is 4.98 Å². The predicted octanol–water partition coefficient (Wildman–Crippen LogP) is 3.56. The Morgan fingerprint density at radius 3 is 2.90 bits per heavy atom. The van der Waals surface area contributed by atoms with Gasteiger partial charge in [0.25, 0.3) is 0 Å². The SMILES string of the molecule is CCCNC(C)(CC(C)Sc1ncccc1Br)C(=O)O. The van der Waals surface area contributed by atoms with Crippen LogP contribution in [0.1, 0.15) is 33.6 Å². The number of hydrogen-bond donors (Lipinski definition) is 2. The molecule has 0 amide bonds. The van der Waals surface area contributed by atoms with Crippen LogP contribution in [-0.4, -0.2) is 33.4 Å². The lowest BCUT2D eigenvalue weighted by Gasteiger charge is -2.29. The van der Waals surface area contributed by atoms with Crippen molar-refractivity contribution in [2.24, 2.45) is 0 Å². The molecule has 0 aliphatic carbocycles. The van der Waals surface area contributed by atoms with Crippen LogP contribution in [0.15, 0.2) is 27.8 Å². The van der Waals surface area contributed by atoms with Gasteiger partial charge < -0.3 is 10.4 Å². The molecule has 1 aromatic rings. The lowest BCUT2D eigenvalue weighted by molar-refractivity contribution is -0.144. The molecule has 6 heteroatoms. The van der Waals surface area contributed by atoms with Crippen LogP contribution in [0.25, 0.3) is 0 Å². The monoisotopic (exact) mass is 360 g/mol. The summed E-state index contributed by atoms with van der Waals surface area (Å²) in [5, 5.41) is 13.6. The van der Waals surface area contributed by atoms with Gasteiger partial charge in [-0.15, -0.1) is 11.8 Å². The van der Waals surface area contributed by atoms with E-state index in [4.69, 9.17) is 0 Å². The van der Waals surface area contributed by atoms with Gasteiger partial charge in [-0.2, -0.15) is 0 Å². The van der Waals surface area contributed by atoms with Crippen molar-refractivity contribution in [2.75, 3.05) is 6.54 Å². The average molecular weight is 361 g/mol. The largest absolute Gasteiger partial charge is 0.480 e. The molecular weight excluding hydrogens is 340 g/mol. The number of hydrogen-bond acceptors (Lipinski definition) is 4. The number of carboxylic acid groups (broad SMARTS) is 1. The fraction of sp³-hybridized carbons (Fsp3) is 0.571. The van der Waals surface area contributed by atoms with Gasteiger partial charge in [0.05, 0.1) is 0 Å². The van der Waals surface area contributed by atoms with Gasteiger partial charge in [0.2, 0.25) is 0 Å². The number of aromatic nitrogens is 1. The summed E-state index contributed by atoms with van der Waals surface area (Å²) in [4.78, 5) is 15.8. The minimum Gasteiger partial charge on any atom is -0.480 e. The van der Waals surface area contributed by atoms with Gasteiger partial charge >= 0.3 is 5.97 Å². The predicted molar refractivity (Wildman–Crippen MR) is 86.2 cm³/mol. The average Bonchev–Trinajstić information content (AvgIpc) is 2.39. The second-order valence-electron chi connectivity index (χ2n) is 4.99. The molecule has 0 bridgehead atoms. The first kappa shape index (κ1) is 17.5. The van der Waals surface area contributed by atoms with Crippen molar-refractivity contribution in [3.8, 4) is 0 Å². The Morgan fingerprint density at radius 2 is 2.35 bits per heavy atom. The number of pyridine rings is 1. The van der Waals surface area contributed by atoms with Crippen molar-refractivity contribution >= 4 is 33.7 Å². The lowest BCUT2D eigenvalue weighted by Crippen LogP contribution is -2.51. The fourth-order valence-electron chi connectivity index (χ4n) is 1.90. The Kier molecular flexibility index (Phi) is 6.99. The molecule has 1 heterocycles. The van der Waals surface area contributed by atoms with Gasteiger partial charge in [0, 0.05) is 15.9 Å². The van der Waals surface area contributed by atoms with Crippen molar-refractivity contribution in [1.29, 1.82) is 0 Å². The number of thioether (sulfide) groups is 1. The molecule has 0 saturated heterocycles. The Bertz CT molecular complexity index is 459. The van der Waals surface area contributed by atoms with Crippen molar-refractivity contribution in [1.82, 2.24) is 10.3 Å². The first-order valence-corrected chi connectivity index (χ1v) is 8.32. The molecule has 1 rings (SSSR count). The Balaban J connectivity index is 2.69. The normalized spacial score (nSPS) is 15.6. The summed E-state index contributed by atoms with van der Waals surface area (Å²) >= 11 is 5.05. The minimum absolute atomic E-state index is 0.145. The van der Waals surface area contributed by atoms with Crippen LogP contribution in [-0.2, 0) is 4.79 Å². The second-order valence-corrected chi connectivity index (χ2v) is 7.27. The van der Waals surface area contributed by atoms with Crippen LogP contribution < -0.4 is 5.32 Å². The second kappa shape index (κ2) is 8.00. The molecule has 2 N–H and O–H groups in total. The topological polar surface area (TPSA) is 62.2 Å². The number of nitrogens with one attached hydrogen (secondary N) is 1. The van der Waals surface area contributed by atoms with Crippen molar-refractivity contribution in [3.05, 3.63) is 22.8 Å². The third kappa shape index (κ3) is 5.07. The molecular formula is C14H21BrN2O2S. The summed E-state index contributed by atoms with van der Waals surface area (Å²) in [7, 11) is 0. The molecule has 2 unspecified atom stereocenters. The van der Waals surface area contributed by atoms with E-state index in [0.717, 1.165) is 15.9 Å². The molecule has 1 aromatic heterocycles. The molecule has 0 saturated carbocycles. The van der Waals surface area contributed by atoms with Crippen molar-refractivity contribution in [2.45, 2.75) is 49.4 Å². The van der Waals surface area contributed by atoms with E-state index in [2.05, 4.69) is 26.2 Å². The molecule has 0 aliphatic heterocycles. The number of carboxylic acids is 1. The number of nitrogens with zero attached hydrogens (tertiary/aromatic N) is 1. The van der Waals surface area contributed by atoms with Crippen LogP contribution >= 0.6 is 27.7 Å². The number of halogens is 1. The summed E-state index contributed by atoms with van der Waals surface area (Å²) in [6.07, 6.45) is 3.19. The van der Waals surface area contributed by atoms with Gasteiger partial charge in [0.1, 0.15) is 10.6 Å². The first-order chi connectivity index (χ1) is 9.39. The van der Waals surface area contributed by atoms with E-state index in [0.29, 0.717) is 13.0 Å². The maximum atomic E-state index is 11.5. The van der Waals surface area contributed by atoms with Crippen LogP contribution in [0.4, 0.5) is 0 Å². The highest BCUT2D eigenvalue weighted by Gasteiger charge is 2.34. The van der Waals surface area contributed by atoms with Gasteiger partial charge in [-0.3, -0.25) is 4.79 Å². The molecule has 112 valence electrons. The third-order valence-corrected chi connectivity index (χ3v) is 4.99. The molecule has 0 aliphatic rings. The quantitative estimate of drug-likeness (QED) is 0.694. The minimum atomic E-state index is -0.899. The van der Waals surface area contributed by atoms with E-state index >= 15 is 0 Å². The highest BCUT2D eigenvalue weighted by Crippen LogP contribution is 2.32. The van der Waals surface area contributed by atoms with Gasteiger partial charge in [-0.05, 0) is 54.4 Å². The summed E-state index contributed by atoms with van der Waals surface area (Å²) in [5.74, 6) is -0.807. The van der Waals surface area contributed by atoms with E-state index < -0.39 is 11.5 Å². The van der Waals surface area contributed by atoms with E-state index in [1.807, 2.05) is 26.0 Å². The van der Waals surface area contributed by atoms with Crippen LogP contribution in [0.2, 0.25) is 0 Å². The maximum Gasteiger partial charge on any atom is 0.323 e. The Morgan fingerprint density at radius 1 is 1.65 bits per heavy atom. The molecule has 0 radical (unpaired) electrons. The van der Waals surface area contributed by atoms with Crippen LogP contribution in [0.3, 0.4) is 0 Å². The lowest BCUT2D eigenvalue weighted by atomic mass is 9.96. The highest BCUT2D eigenvalue weighted by atomic mass is 79.9. The number of rotatable bonds is 8. The van der Waals surface area contributed by atoms with Crippen molar-refractivity contribution in [3.63, 3.8) is 0 Å². The van der Waals surface area contributed by atoms with E-state index in [1.165, 1.54) is 0 Å². The first-order valence-electron chi connectivity index (χ1n) is 6.64. The maximum absolute atomic E-state index is 11.5. The van der Waals surface area contributed by atoms with Gasteiger partial charge in [0.15, 0.2) is 0 Å². The van der Waals surface area contributed by atoms with E-state index in [1.54, 1.807) is 24.9 Å². The highest BCUT2D eigenvalue weighted by molar-refractivity contribution is 9.10. The van der Waals surface area contributed by atoms with Crippen LogP contribution in [0, 0.1) is 0 Å².